The first kappa shape index (κ1) is 31.6. The lowest BCUT2D eigenvalue weighted by Crippen LogP contribution is -2.03. The summed E-state index contributed by atoms with van der Waals surface area (Å²) in [4.78, 5) is 39.7. The molecule has 0 saturated carbocycles. The number of rotatable bonds is 8. The summed E-state index contributed by atoms with van der Waals surface area (Å²) >= 11 is 12.0. The zero-order chi connectivity index (χ0) is 32.1. The smallest absolute Gasteiger partial charge is 0.358 e. The van der Waals surface area contributed by atoms with Gasteiger partial charge < -0.3 is 19.0 Å². The lowest BCUT2D eigenvalue weighted by atomic mass is 10.1. The number of carbonyl (C=O) groups excluding carboxylic acids is 1. The van der Waals surface area contributed by atoms with Crippen LogP contribution >= 0.6 is 23.2 Å². The van der Waals surface area contributed by atoms with Gasteiger partial charge in [-0.05, 0) is 47.5 Å². The van der Waals surface area contributed by atoms with Gasteiger partial charge in [-0.25, -0.2) is 19.6 Å². The van der Waals surface area contributed by atoms with E-state index in [1.54, 1.807) is 24.8 Å². The quantitative estimate of drug-likeness (QED) is 0.178. The van der Waals surface area contributed by atoms with E-state index in [1.165, 1.54) is 7.11 Å². The molecule has 0 atom stereocenters. The van der Waals surface area contributed by atoms with E-state index in [0.29, 0.717) is 35.2 Å². The number of carbonyl (C=O) groups is 2. The number of esters is 1. The number of carboxylic acid groups (broad SMARTS) is 1. The fourth-order valence-electron chi connectivity index (χ4n) is 4.95. The number of aromatic nitrogens is 6. The van der Waals surface area contributed by atoms with Gasteiger partial charge >= 0.3 is 11.9 Å². The van der Waals surface area contributed by atoms with Crippen molar-refractivity contribution in [1.29, 1.82) is 0 Å². The Labute approximate surface area is 269 Å². The second-order valence-electron chi connectivity index (χ2n) is 10.2. The summed E-state index contributed by atoms with van der Waals surface area (Å²) in [7, 11) is 1.35. The molecule has 0 fully saturated rings. The molecule has 2 aromatic carbocycles. The van der Waals surface area contributed by atoms with Crippen molar-refractivity contribution in [1.82, 2.24) is 29.1 Å². The van der Waals surface area contributed by atoms with Crippen LogP contribution in [0, 0.1) is 0 Å². The zero-order valence-corrected chi connectivity index (χ0v) is 26.4. The second-order valence-corrected chi connectivity index (χ2v) is 11.1. The monoisotopic (exact) mass is 644 g/mol. The number of nitrogens with zero attached hydrogens (tertiary/aromatic N) is 6. The van der Waals surface area contributed by atoms with Crippen LogP contribution in [0.3, 0.4) is 0 Å². The fraction of sp³-hybridized carbons (Fsp3) is 0.212. The van der Waals surface area contributed by atoms with Crippen LogP contribution in [0.25, 0.3) is 21.8 Å². The molecule has 0 unspecified atom stereocenters. The first-order valence-electron chi connectivity index (χ1n) is 14.2. The number of pyridine rings is 2. The number of carboxylic acids is 1. The first-order valence-corrected chi connectivity index (χ1v) is 14.9. The largest absolute Gasteiger partial charge is 0.476 e. The Morgan fingerprint density at radius 1 is 0.756 bits per heavy atom. The molecular weight excluding hydrogens is 615 g/mol. The minimum absolute atomic E-state index is 0.0716. The van der Waals surface area contributed by atoms with E-state index >= 15 is 0 Å². The van der Waals surface area contributed by atoms with Gasteiger partial charge in [0.2, 0.25) is 0 Å². The van der Waals surface area contributed by atoms with E-state index in [9.17, 15) is 9.59 Å². The minimum Gasteiger partial charge on any atom is -0.476 e. The van der Waals surface area contributed by atoms with Crippen molar-refractivity contribution in [2.45, 2.75) is 39.8 Å². The number of methoxy groups -OCH3 is 1. The Morgan fingerprint density at radius 2 is 1.22 bits per heavy atom. The Bertz CT molecular complexity index is 2020. The number of ether oxygens (including phenoxy) is 1. The topological polar surface area (TPSA) is 125 Å². The van der Waals surface area contributed by atoms with Crippen molar-refractivity contribution in [3.05, 3.63) is 118 Å². The van der Waals surface area contributed by atoms with Crippen LogP contribution in [0.5, 0.6) is 0 Å². The molecule has 0 amide bonds. The highest BCUT2D eigenvalue weighted by atomic mass is 35.5. The molecule has 0 bridgehead atoms. The third kappa shape index (κ3) is 7.47. The van der Waals surface area contributed by atoms with Crippen LogP contribution < -0.4 is 0 Å². The van der Waals surface area contributed by atoms with Crippen molar-refractivity contribution < 1.29 is 19.4 Å². The van der Waals surface area contributed by atoms with Crippen molar-refractivity contribution in [3.8, 4) is 0 Å². The second kappa shape index (κ2) is 13.9. The molecule has 0 aliphatic carbocycles. The lowest BCUT2D eigenvalue weighted by Gasteiger charge is -2.07. The maximum Gasteiger partial charge on any atom is 0.358 e. The van der Waals surface area contributed by atoms with Gasteiger partial charge in [-0.3, -0.25) is 9.97 Å². The number of halogens is 2. The average Bonchev–Trinajstić information content (AvgIpc) is 3.64. The van der Waals surface area contributed by atoms with E-state index < -0.39 is 11.9 Å². The predicted octanol–water partition coefficient (Wildman–Crippen LogP) is 6.88. The van der Waals surface area contributed by atoms with Crippen molar-refractivity contribution in [2.75, 3.05) is 7.11 Å². The van der Waals surface area contributed by atoms with Crippen molar-refractivity contribution >= 4 is 56.9 Å². The number of hydrogen-bond acceptors (Lipinski definition) is 7. The summed E-state index contributed by atoms with van der Waals surface area (Å²) in [6, 6.07) is 15.7. The number of fused-ring (bicyclic) bond motifs is 2. The maximum atomic E-state index is 11.6. The predicted molar refractivity (Wildman–Crippen MR) is 173 cm³/mol. The molecule has 4 aromatic heterocycles. The van der Waals surface area contributed by atoms with E-state index in [-0.39, 0.29) is 5.69 Å². The molecule has 4 heterocycles. The number of aromatic carboxylic acids is 1. The molecule has 45 heavy (non-hydrogen) atoms. The lowest BCUT2D eigenvalue weighted by molar-refractivity contribution is 0.0593. The van der Waals surface area contributed by atoms with Crippen LogP contribution in [0.1, 0.15) is 57.6 Å². The third-order valence-electron chi connectivity index (χ3n) is 7.09. The Morgan fingerprint density at radius 3 is 1.67 bits per heavy atom. The van der Waals surface area contributed by atoms with Gasteiger partial charge in [0.05, 0.1) is 28.2 Å². The SMILES string of the molecule is CCc1nc(C(=O)O)cn1Cc1ccc2ncc(Cl)cc2c1.CCc1nc(C(=O)OC)cn1Cc1ccc2ncc(Cl)cc2c1. The van der Waals surface area contributed by atoms with Crippen LogP contribution in [0.2, 0.25) is 10.0 Å². The average molecular weight is 646 g/mol. The van der Waals surface area contributed by atoms with Gasteiger partial charge in [0.25, 0.3) is 0 Å². The summed E-state index contributed by atoms with van der Waals surface area (Å²) < 4.78 is 8.56. The minimum atomic E-state index is -1.01. The van der Waals surface area contributed by atoms with Gasteiger partial charge in [-0.15, -0.1) is 0 Å². The molecule has 0 saturated heterocycles. The van der Waals surface area contributed by atoms with E-state index in [4.69, 9.17) is 33.0 Å². The molecule has 1 N–H and O–H groups in total. The first-order chi connectivity index (χ1) is 21.7. The van der Waals surface area contributed by atoms with Gasteiger partial charge in [0, 0.05) is 61.5 Å². The third-order valence-corrected chi connectivity index (χ3v) is 7.51. The van der Waals surface area contributed by atoms with Gasteiger partial charge in [-0.1, -0.05) is 49.2 Å². The van der Waals surface area contributed by atoms with Gasteiger partial charge in [-0.2, -0.15) is 0 Å². The Kier molecular flexibility index (Phi) is 9.75. The highest BCUT2D eigenvalue weighted by Crippen LogP contribution is 2.21. The standard InChI is InChI=1S/C17H16ClN3O2.C16H14ClN3O2/c1-3-16-20-15(17(22)23-2)10-21(16)9-11-4-5-14-12(6-11)7-13(18)8-19-14;1-2-15-19-14(16(21)22)9-20(15)8-10-3-4-13-11(5-10)6-12(17)7-18-13/h4-8,10H,3,9H2,1-2H3;3-7,9H,2,8H2,1H3,(H,21,22). The Balaban J connectivity index is 0.000000178. The normalized spacial score (nSPS) is 11.0. The molecule has 6 rings (SSSR count). The van der Waals surface area contributed by atoms with E-state index in [1.807, 2.05) is 71.5 Å². The van der Waals surface area contributed by atoms with E-state index in [0.717, 1.165) is 51.0 Å². The molecule has 230 valence electrons. The molecule has 6 aromatic rings. The highest BCUT2D eigenvalue weighted by molar-refractivity contribution is 6.31. The molecular formula is C33H30Cl2N6O4. The van der Waals surface area contributed by atoms with Crippen LogP contribution in [-0.4, -0.2) is 53.2 Å². The molecule has 0 radical (unpaired) electrons. The summed E-state index contributed by atoms with van der Waals surface area (Å²) in [5.41, 5.74) is 4.30. The molecule has 10 nitrogen and oxygen atoms in total. The number of hydrogen-bond donors (Lipinski definition) is 1. The van der Waals surface area contributed by atoms with Crippen LogP contribution in [-0.2, 0) is 30.7 Å². The summed E-state index contributed by atoms with van der Waals surface area (Å²) in [6.45, 7) is 5.14. The summed E-state index contributed by atoms with van der Waals surface area (Å²) in [6.07, 6.45) is 7.96. The van der Waals surface area contributed by atoms with Crippen molar-refractivity contribution in [3.63, 3.8) is 0 Å². The van der Waals surface area contributed by atoms with E-state index in [2.05, 4.69) is 19.9 Å². The molecule has 0 spiro atoms. The van der Waals surface area contributed by atoms with Crippen LogP contribution in [0.4, 0.5) is 0 Å². The number of benzene rings is 2. The van der Waals surface area contributed by atoms with Gasteiger partial charge in [0.15, 0.2) is 11.4 Å². The number of aryl methyl sites for hydroxylation is 2. The summed E-state index contributed by atoms with van der Waals surface area (Å²) in [5, 5.41) is 12.2. The van der Waals surface area contributed by atoms with Crippen molar-refractivity contribution in [2.24, 2.45) is 0 Å². The van der Waals surface area contributed by atoms with Crippen LogP contribution in [0.15, 0.2) is 73.3 Å². The number of imidazole rings is 2. The summed E-state index contributed by atoms with van der Waals surface area (Å²) in [5.74, 6) is 0.160. The maximum absolute atomic E-state index is 11.6. The van der Waals surface area contributed by atoms with Gasteiger partial charge in [0.1, 0.15) is 11.6 Å². The zero-order valence-electron chi connectivity index (χ0n) is 24.9. The molecule has 0 aliphatic heterocycles. The Hall–Kier alpha value is -4.80. The highest BCUT2D eigenvalue weighted by Gasteiger charge is 2.15. The fourth-order valence-corrected chi connectivity index (χ4v) is 5.28. The molecule has 12 heteroatoms. The molecule has 0 aliphatic rings.